The molecule has 0 atom stereocenters. The standard InChI is InChI=1S/C17H11Br2FN2O2/c1-24-16-5-3-12(18)7-10(16)6-11(9-21)17(23)22-15-4-2-13(19)8-14(15)20/h2-8H,1H3,(H,22,23)/b11-6-. The van der Waals surface area contributed by atoms with Crippen molar-refractivity contribution >= 4 is 49.5 Å². The van der Waals surface area contributed by atoms with Crippen molar-refractivity contribution in [3.05, 3.63) is 62.3 Å². The lowest BCUT2D eigenvalue weighted by Gasteiger charge is -2.08. The molecular weight excluding hydrogens is 443 g/mol. The highest BCUT2D eigenvalue weighted by Crippen LogP contribution is 2.26. The Hall–Kier alpha value is -2.17. The number of anilines is 1. The van der Waals surface area contributed by atoms with Crippen molar-refractivity contribution in [3.63, 3.8) is 0 Å². The highest BCUT2D eigenvalue weighted by Gasteiger charge is 2.13. The summed E-state index contributed by atoms with van der Waals surface area (Å²) in [7, 11) is 1.49. The Kier molecular flexibility index (Phi) is 6.12. The molecular formula is C17H11Br2FN2O2. The average Bonchev–Trinajstić information content (AvgIpc) is 2.55. The zero-order valence-corrected chi connectivity index (χ0v) is 15.6. The molecule has 24 heavy (non-hydrogen) atoms. The van der Waals surface area contributed by atoms with E-state index >= 15 is 0 Å². The molecule has 0 fully saturated rings. The van der Waals surface area contributed by atoms with Crippen LogP contribution in [0.1, 0.15) is 5.56 Å². The summed E-state index contributed by atoms with van der Waals surface area (Å²) in [6.45, 7) is 0. The Bertz CT molecular complexity index is 860. The molecule has 0 saturated heterocycles. The van der Waals surface area contributed by atoms with Gasteiger partial charge in [-0.2, -0.15) is 5.26 Å². The molecule has 122 valence electrons. The molecule has 0 aliphatic rings. The summed E-state index contributed by atoms with van der Waals surface area (Å²) in [5.41, 5.74) is 0.370. The van der Waals surface area contributed by atoms with Gasteiger partial charge in [-0.1, -0.05) is 31.9 Å². The third-order valence-electron chi connectivity index (χ3n) is 3.04. The molecule has 2 aromatic rings. The Balaban J connectivity index is 2.32. The largest absolute Gasteiger partial charge is 0.496 e. The van der Waals surface area contributed by atoms with E-state index in [1.54, 1.807) is 24.3 Å². The highest BCUT2D eigenvalue weighted by molar-refractivity contribution is 9.10. The summed E-state index contributed by atoms with van der Waals surface area (Å²) in [4.78, 5) is 12.2. The van der Waals surface area contributed by atoms with E-state index in [0.29, 0.717) is 15.8 Å². The number of rotatable bonds is 4. The van der Waals surface area contributed by atoms with Gasteiger partial charge in [0.1, 0.15) is 23.2 Å². The minimum Gasteiger partial charge on any atom is -0.496 e. The number of nitrogens with one attached hydrogen (secondary N) is 1. The van der Waals surface area contributed by atoms with Crippen LogP contribution in [0.3, 0.4) is 0 Å². The van der Waals surface area contributed by atoms with Crippen LogP contribution < -0.4 is 10.1 Å². The number of carbonyl (C=O) groups is 1. The van der Waals surface area contributed by atoms with Crippen molar-refractivity contribution in [1.29, 1.82) is 5.26 Å². The number of ether oxygens (including phenoxy) is 1. The van der Waals surface area contributed by atoms with Crippen LogP contribution >= 0.6 is 31.9 Å². The van der Waals surface area contributed by atoms with E-state index in [-0.39, 0.29) is 11.3 Å². The summed E-state index contributed by atoms with van der Waals surface area (Å²) in [6.07, 6.45) is 1.38. The second-order valence-corrected chi connectivity index (χ2v) is 6.47. The van der Waals surface area contributed by atoms with Gasteiger partial charge in [-0.05, 0) is 42.5 Å². The quantitative estimate of drug-likeness (QED) is 0.528. The summed E-state index contributed by atoms with van der Waals surface area (Å²) >= 11 is 6.46. The molecule has 4 nitrogen and oxygen atoms in total. The first-order valence-electron chi connectivity index (χ1n) is 6.66. The molecule has 7 heteroatoms. The van der Waals surface area contributed by atoms with Crippen molar-refractivity contribution in [1.82, 2.24) is 0 Å². The minimum atomic E-state index is -0.708. The number of methoxy groups -OCH3 is 1. The van der Waals surface area contributed by atoms with Crippen LogP contribution in [0.5, 0.6) is 5.75 Å². The predicted octanol–water partition coefficient (Wildman–Crippen LogP) is 4.90. The number of hydrogen-bond acceptors (Lipinski definition) is 3. The highest BCUT2D eigenvalue weighted by atomic mass is 79.9. The zero-order chi connectivity index (χ0) is 17.7. The van der Waals surface area contributed by atoms with Crippen LogP contribution in [0.25, 0.3) is 6.08 Å². The molecule has 0 heterocycles. The maximum absolute atomic E-state index is 13.8. The third kappa shape index (κ3) is 4.43. The smallest absolute Gasteiger partial charge is 0.266 e. The minimum absolute atomic E-state index is 0.00874. The molecule has 0 bridgehead atoms. The predicted molar refractivity (Wildman–Crippen MR) is 97.0 cm³/mol. The molecule has 0 aliphatic carbocycles. The van der Waals surface area contributed by atoms with E-state index in [9.17, 15) is 14.4 Å². The molecule has 0 aliphatic heterocycles. The Morgan fingerprint density at radius 3 is 2.54 bits per heavy atom. The maximum Gasteiger partial charge on any atom is 0.266 e. The van der Waals surface area contributed by atoms with Gasteiger partial charge in [-0.3, -0.25) is 4.79 Å². The molecule has 1 amide bonds. The van der Waals surface area contributed by atoms with Gasteiger partial charge >= 0.3 is 0 Å². The number of halogens is 3. The molecule has 2 rings (SSSR count). The normalized spacial score (nSPS) is 10.9. The topological polar surface area (TPSA) is 62.1 Å². The Morgan fingerprint density at radius 1 is 1.25 bits per heavy atom. The van der Waals surface area contributed by atoms with Gasteiger partial charge in [0, 0.05) is 14.5 Å². The first kappa shape index (κ1) is 18.2. The summed E-state index contributed by atoms with van der Waals surface area (Å²) < 4.78 is 20.3. The molecule has 2 aromatic carbocycles. The summed E-state index contributed by atoms with van der Waals surface area (Å²) in [5, 5.41) is 11.6. The van der Waals surface area contributed by atoms with E-state index in [0.717, 1.165) is 4.47 Å². The number of carbonyl (C=O) groups excluding carboxylic acids is 1. The third-order valence-corrected chi connectivity index (χ3v) is 4.02. The average molecular weight is 454 g/mol. The zero-order valence-electron chi connectivity index (χ0n) is 12.4. The fourth-order valence-corrected chi connectivity index (χ4v) is 2.61. The van der Waals surface area contributed by atoms with E-state index < -0.39 is 11.7 Å². The van der Waals surface area contributed by atoms with Crippen molar-refractivity contribution in [2.24, 2.45) is 0 Å². The van der Waals surface area contributed by atoms with Crippen molar-refractivity contribution < 1.29 is 13.9 Å². The van der Waals surface area contributed by atoms with Crippen LogP contribution in [0, 0.1) is 17.1 Å². The molecule has 0 spiro atoms. The van der Waals surface area contributed by atoms with E-state index in [4.69, 9.17) is 4.74 Å². The monoisotopic (exact) mass is 452 g/mol. The van der Waals surface area contributed by atoms with Crippen LogP contribution in [-0.2, 0) is 4.79 Å². The molecule has 0 saturated carbocycles. The van der Waals surface area contributed by atoms with Crippen LogP contribution in [0.2, 0.25) is 0 Å². The summed E-state index contributed by atoms with van der Waals surface area (Å²) in [6, 6.07) is 11.2. The Morgan fingerprint density at radius 2 is 1.92 bits per heavy atom. The number of amides is 1. The first-order valence-corrected chi connectivity index (χ1v) is 8.25. The molecule has 1 N–H and O–H groups in total. The second-order valence-electron chi connectivity index (χ2n) is 4.63. The van der Waals surface area contributed by atoms with Gasteiger partial charge < -0.3 is 10.1 Å². The van der Waals surface area contributed by atoms with Gasteiger partial charge in [0.2, 0.25) is 0 Å². The van der Waals surface area contributed by atoms with E-state index in [2.05, 4.69) is 37.2 Å². The maximum atomic E-state index is 13.8. The van der Waals surface area contributed by atoms with Crippen molar-refractivity contribution in [2.75, 3.05) is 12.4 Å². The van der Waals surface area contributed by atoms with Crippen molar-refractivity contribution in [2.45, 2.75) is 0 Å². The SMILES string of the molecule is COc1ccc(Br)cc1/C=C(/C#N)C(=O)Nc1ccc(Br)cc1F. The van der Waals surface area contributed by atoms with E-state index in [1.807, 2.05) is 6.07 Å². The van der Waals surface area contributed by atoms with Crippen LogP contribution in [0.15, 0.2) is 50.9 Å². The number of nitriles is 1. The summed E-state index contributed by atoms with van der Waals surface area (Å²) in [5.74, 6) is -0.802. The number of benzene rings is 2. The number of nitrogens with zero attached hydrogens (tertiary/aromatic N) is 1. The fraction of sp³-hybridized carbons (Fsp3) is 0.0588. The first-order chi connectivity index (χ1) is 11.4. The van der Waals surface area contributed by atoms with Gasteiger partial charge in [0.15, 0.2) is 0 Å². The van der Waals surface area contributed by atoms with Gasteiger partial charge in [0.25, 0.3) is 5.91 Å². The van der Waals surface area contributed by atoms with E-state index in [1.165, 1.54) is 25.3 Å². The molecule has 0 aromatic heterocycles. The Labute approximate surface area is 155 Å². The lowest BCUT2D eigenvalue weighted by atomic mass is 10.1. The van der Waals surface area contributed by atoms with Crippen LogP contribution in [-0.4, -0.2) is 13.0 Å². The van der Waals surface area contributed by atoms with Crippen molar-refractivity contribution in [3.8, 4) is 11.8 Å². The molecule has 0 radical (unpaired) electrons. The lowest BCUT2D eigenvalue weighted by Crippen LogP contribution is -2.14. The second kappa shape index (κ2) is 8.08. The van der Waals surface area contributed by atoms with Gasteiger partial charge in [0.05, 0.1) is 12.8 Å². The van der Waals surface area contributed by atoms with Gasteiger partial charge in [-0.25, -0.2) is 4.39 Å². The fourth-order valence-electron chi connectivity index (χ4n) is 1.90. The molecule has 0 unspecified atom stereocenters. The lowest BCUT2D eigenvalue weighted by molar-refractivity contribution is -0.112. The van der Waals surface area contributed by atoms with Gasteiger partial charge in [-0.15, -0.1) is 0 Å². The number of hydrogen-bond donors (Lipinski definition) is 1. The van der Waals surface area contributed by atoms with Crippen LogP contribution in [0.4, 0.5) is 10.1 Å².